The first-order valence-corrected chi connectivity index (χ1v) is 8.07. The molecule has 0 amide bonds. The second-order valence-corrected chi connectivity index (χ2v) is 6.42. The fraction of sp³-hybridized carbons (Fsp3) is 0.643. The Morgan fingerprint density at radius 3 is 2.90 bits per heavy atom. The highest BCUT2D eigenvalue weighted by atomic mass is 32.2. The number of aryl methyl sites for hydroxylation is 1. The predicted octanol–water partition coefficient (Wildman–Crippen LogP) is 1.24. The largest absolute Gasteiger partial charge is 0.465 e. The zero-order valence-electron chi connectivity index (χ0n) is 12.6. The fourth-order valence-corrected chi connectivity index (χ4v) is 2.97. The number of hydrogen-bond acceptors (Lipinski definition) is 6. The van der Waals surface area contributed by atoms with Gasteiger partial charge >= 0.3 is 5.97 Å². The van der Waals surface area contributed by atoms with Crippen LogP contribution in [0.3, 0.4) is 0 Å². The highest BCUT2D eigenvalue weighted by Crippen LogP contribution is 2.27. The second kappa shape index (κ2) is 6.62. The van der Waals surface area contributed by atoms with Gasteiger partial charge in [-0.25, -0.2) is 4.98 Å². The summed E-state index contributed by atoms with van der Waals surface area (Å²) in [6, 6.07) is 1.82. The van der Waals surface area contributed by atoms with Crippen molar-refractivity contribution in [1.82, 2.24) is 15.3 Å². The monoisotopic (exact) mass is 311 g/mol. The van der Waals surface area contributed by atoms with Crippen molar-refractivity contribution in [3.05, 3.63) is 22.1 Å². The Labute approximate surface area is 128 Å². The number of ether oxygens (including phenoxy) is 1. The Morgan fingerprint density at radius 2 is 2.33 bits per heavy atom. The van der Waals surface area contributed by atoms with Crippen LogP contribution in [-0.2, 0) is 9.53 Å². The molecule has 6 nitrogen and oxygen atoms in total. The third kappa shape index (κ3) is 4.57. The Kier molecular flexibility index (Phi) is 5.05. The average molecular weight is 311 g/mol. The summed E-state index contributed by atoms with van der Waals surface area (Å²) >= 11 is 1.35. The molecule has 1 unspecified atom stereocenters. The molecule has 0 aromatic carbocycles. The van der Waals surface area contributed by atoms with Gasteiger partial charge in [0.2, 0.25) is 0 Å². The van der Waals surface area contributed by atoms with Crippen LogP contribution in [0.5, 0.6) is 0 Å². The standard InChI is InChI=1S/C14H21N3O3S/c1-4-20-12(19)14(3,17-10-5-6-10)8-21-13-15-9(2)7-11(18)16-13/h7,10,17H,4-6,8H2,1-3H3,(H,15,16,18). The van der Waals surface area contributed by atoms with Crippen molar-refractivity contribution in [2.75, 3.05) is 12.4 Å². The van der Waals surface area contributed by atoms with E-state index in [1.807, 2.05) is 6.92 Å². The van der Waals surface area contributed by atoms with Crippen LogP contribution in [0.15, 0.2) is 16.0 Å². The van der Waals surface area contributed by atoms with Gasteiger partial charge in [0.05, 0.1) is 6.61 Å². The smallest absolute Gasteiger partial charge is 0.326 e. The van der Waals surface area contributed by atoms with E-state index < -0.39 is 5.54 Å². The van der Waals surface area contributed by atoms with E-state index in [1.165, 1.54) is 17.8 Å². The fourth-order valence-electron chi connectivity index (χ4n) is 1.96. The van der Waals surface area contributed by atoms with Crippen molar-refractivity contribution in [2.24, 2.45) is 0 Å². The van der Waals surface area contributed by atoms with Gasteiger partial charge in [0.25, 0.3) is 5.56 Å². The molecule has 1 aliphatic carbocycles. The quantitative estimate of drug-likeness (QED) is 0.448. The number of nitrogens with zero attached hydrogens (tertiary/aromatic N) is 1. The predicted molar refractivity (Wildman–Crippen MR) is 81.5 cm³/mol. The summed E-state index contributed by atoms with van der Waals surface area (Å²) in [6.45, 7) is 5.75. The maximum absolute atomic E-state index is 12.2. The molecule has 1 aromatic rings. The van der Waals surface area contributed by atoms with Crippen LogP contribution >= 0.6 is 11.8 Å². The molecule has 1 saturated carbocycles. The van der Waals surface area contributed by atoms with Gasteiger partial charge in [-0.3, -0.25) is 14.9 Å². The van der Waals surface area contributed by atoms with Crippen LogP contribution in [-0.4, -0.2) is 39.9 Å². The van der Waals surface area contributed by atoms with Crippen molar-refractivity contribution in [3.63, 3.8) is 0 Å². The van der Waals surface area contributed by atoms with Crippen molar-refractivity contribution >= 4 is 17.7 Å². The van der Waals surface area contributed by atoms with E-state index in [0.29, 0.717) is 29.3 Å². The molecule has 0 radical (unpaired) electrons. The van der Waals surface area contributed by atoms with Gasteiger partial charge < -0.3 is 9.72 Å². The molecule has 116 valence electrons. The topological polar surface area (TPSA) is 84.1 Å². The number of aromatic nitrogens is 2. The number of esters is 1. The van der Waals surface area contributed by atoms with Crippen LogP contribution in [0.2, 0.25) is 0 Å². The maximum Gasteiger partial charge on any atom is 0.326 e. The minimum absolute atomic E-state index is 0.182. The van der Waals surface area contributed by atoms with E-state index >= 15 is 0 Å². The zero-order chi connectivity index (χ0) is 15.5. The van der Waals surface area contributed by atoms with Crippen LogP contribution in [0.4, 0.5) is 0 Å². The molecule has 2 rings (SSSR count). The lowest BCUT2D eigenvalue weighted by atomic mass is 10.1. The van der Waals surface area contributed by atoms with Gasteiger partial charge in [0.15, 0.2) is 5.16 Å². The first-order valence-electron chi connectivity index (χ1n) is 7.08. The summed E-state index contributed by atoms with van der Waals surface area (Å²) in [4.78, 5) is 30.6. The van der Waals surface area contributed by atoms with E-state index in [1.54, 1.807) is 13.8 Å². The molecule has 0 aliphatic heterocycles. The summed E-state index contributed by atoms with van der Waals surface area (Å²) in [7, 11) is 0. The molecule has 2 N–H and O–H groups in total. The van der Waals surface area contributed by atoms with Crippen LogP contribution in [0, 0.1) is 6.92 Å². The van der Waals surface area contributed by atoms with Gasteiger partial charge in [0, 0.05) is 23.6 Å². The zero-order valence-corrected chi connectivity index (χ0v) is 13.4. The molecule has 0 bridgehead atoms. The molecule has 21 heavy (non-hydrogen) atoms. The van der Waals surface area contributed by atoms with Crippen molar-refractivity contribution in [2.45, 2.75) is 50.4 Å². The number of carbonyl (C=O) groups is 1. The number of hydrogen-bond donors (Lipinski definition) is 2. The minimum atomic E-state index is -0.774. The summed E-state index contributed by atoms with van der Waals surface area (Å²) in [5, 5.41) is 3.86. The second-order valence-electron chi connectivity index (χ2n) is 5.45. The molecule has 1 atom stereocenters. The van der Waals surface area contributed by atoms with Gasteiger partial charge in [0.1, 0.15) is 5.54 Å². The number of thioether (sulfide) groups is 1. The number of carbonyl (C=O) groups excluding carboxylic acids is 1. The molecule has 1 heterocycles. The van der Waals surface area contributed by atoms with Gasteiger partial charge in [-0.1, -0.05) is 11.8 Å². The highest BCUT2D eigenvalue weighted by Gasteiger charge is 2.39. The Bertz CT molecular complexity index is 571. The molecule has 1 aromatic heterocycles. The lowest BCUT2D eigenvalue weighted by Crippen LogP contribution is -2.53. The lowest BCUT2D eigenvalue weighted by molar-refractivity contribution is -0.149. The summed E-state index contributed by atoms with van der Waals surface area (Å²) < 4.78 is 5.16. The molecule has 0 spiro atoms. The third-order valence-electron chi connectivity index (χ3n) is 3.17. The van der Waals surface area contributed by atoms with Crippen molar-refractivity contribution < 1.29 is 9.53 Å². The molecule has 0 saturated heterocycles. The molecular formula is C14H21N3O3S. The van der Waals surface area contributed by atoms with E-state index in [-0.39, 0.29) is 11.5 Å². The number of nitrogens with one attached hydrogen (secondary N) is 2. The van der Waals surface area contributed by atoms with E-state index in [9.17, 15) is 9.59 Å². The van der Waals surface area contributed by atoms with Gasteiger partial charge in [-0.05, 0) is 33.6 Å². The van der Waals surface area contributed by atoms with Crippen molar-refractivity contribution in [1.29, 1.82) is 0 Å². The molecule has 7 heteroatoms. The Hall–Kier alpha value is -1.34. The van der Waals surface area contributed by atoms with Crippen LogP contribution < -0.4 is 10.9 Å². The molecule has 1 aliphatic rings. The highest BCUT2D eigenvalue weighted by molar-refractivity contribution is 7.99. The number of rotatable bonds is 7. The maximum atomic E-state index is 12.2. The Balaban J connectivity index is 2.07. The average Bonchev–Trinajstić information content (AvgIpc) is 3.19. The minimum Gasteiger partial charge on any atom is -0.465 e. The van der Waals surface area contributed by atoms with Gasteiger partial charge in [-0.15, -0.1) is 0 Å². The van der Waals surface area contributed by atoms with Crippen LogP contribution in [0.25, 0.3) is 0 Å². The first-order chi connectivity index (χ1) is 9.93. The number of aromatic amines is 1. The molecular weight excluding hydrogens is 290 g/mol. The summed E-state index contributed by atoms with van der Waals surface area (Å²) in [5.41, 5.74) is -0.295. The van der Waals surface area contributed by atoms with Gasteiger partial charge in [-0.2, -0.15) is 0 Å². The van der Waals surface area contributed by atoms with E-state index in [2.05, 4.69) is 15.3 Å². The molecule has 1 fully saturated rings. The SMILES string of the molecule is CCOC(=O)C(C)(CSc1nc(C)cc(=O)[nH]1)NC1CC1. The summed E-state index contributed by atoms with van der Waals surface area (Å²) in [6.07, 6.45) is 2.17. The summed E-state index contributed by atoms with van der Waals surface area (Å²) in [5.74, 6) is 0.189. The van der Waals surface area contributed by atoms with E-state index in [4.69, 9.17) is 4.74 Å². The normalized spacial score (nSPS) is 17.3. The Morgan fingerprint density at radius 1 is 1.62 bits per heavy atom. The first kappa shape index (κ1) is 16.0. The van der Waals surface area contributed by atoms with Crippen LogP contribution in [0.1, 0.15) is 32.4 Å². The number of H-pyrrole nitrogens is 1. The lowest BCUT2D eigenvalue weighted by Gasteiger charge is -2.28. The van der Waals surface area contributed by atoms with E-state index in [0.717, 1.165) is 12.8 Å². The third-order valence-corrected chi connectivity index (χ3v) is 4.36. The van der Waals surface area contributed by atoms with Crippen molar-refractivity contribution in [3.8, 4) is 0 Å².